The number of amides is 1. The molecule has 1 aromatic carbocycles. The van der Waals surface area contributed by atoms with Crippen LogP contribution in [0, 0.1) is 0 Å². The topological polar surface area (TPSA) is 67.2 Å². The first-order valence-corrected chi connectivity index (χ1v) is 8.54. The van der Waals surface area contributed by atoms with Gasteiger partial charge in [0.2, 0.25) is 5.65 Å². The number of benzene rings is 1. The molecule has 0 unspecified atom stereocenters. The third-order valence-corrected chi connectivity index (χ3v) is 4.60. The molecule has 0 N–H and O–H groups in total. The molecule has 3 aromatic rings. The number of pyridine rings is 1. The molecule has 0 bridgehead atoms. The first-order valence-electron chi connectivity index (χ1n) is 7.78. The van der Waals surface area contributed by atoms with Crippen molar-refractivity contribution in [1.82, 2.24) is 24.9 Å². The van der Waals surface area contributed by atoms with Gasteiger partial charge >= 0.3 is 6.03 Å². The fourth-order valence-electron chi connectivity index (χ4n) is 2.92. The number of nitrogens with zero attached hydrogens (tertiary/aromatic N) is 6. The van der Waals surface area contributed by atoms with Crippen molar-refractivity contribution in [2.24, 2.45) is 0 Å². The van der Waals surface area contributed by atoms with Crippen LogP contribution in [0.5, 0.6) is 0 Å². The Morgan fingerprint density at radius 3 is 2.48 bits per heavy atom. The zero-order chi connectivity index (χ0) is 17.4. The molecule has 9 heteroatoms. The van der Waals surface area contributed by atoms with Crippen molar-refractivity contribution in [2.75, 3.05) is 31.1 Å². The summed E-state index contributed by atoms with van der Waals surface area (Å²) in [6.45, 7) is 2.52. The molecule has 3 heterocycles. The second-order valence-electron chi connectivity index (χ2n) is 5.73. The number of hydrogen-bond acceptors (Lipinski definition) is 5. The molecular weight excluding hydrogens is 363 g/mol. The molecule has 4 rings (SSSR count). The molecule has 0 saturated carbocycles. The van der Waals surface area contributed by atoms with E-state index < -0.39 is 0 Å². The summed E-state index contributed by atoms with van der Waals surface area (Å²) >= 11 is 12.1. The van der Waals surface area contributed by atoms with Gasteiger partial charge < -0.3 is 9.80 Å². The number of carbonyl (C=O) groups excluding carboxylic acids is 1. The van der Waals surface area contributed by atoms with E-state index in [9.17, 15) is 4.79 Å². The number of aromatic nitrogens is 4. The average molecular weight is 377 g/mol. The van der Waals surface area contributed by atoms with Crippen LogP contribution < -0.4 is 4.90 Å². The van der Waals surface area contributed by atoms with Crippen LogP contribution in [0.3, 0.4) is 0 Å². The minimum absolute atomic E-state index is 0.195. The number of rotatable bonds is 1. The third-order valence-electron chi connectivity index (χ3n) is 4.17. The van der Waals surface area contributed by atoms with Crippen LogP contribution in [0.4, 0.5) is 10.5 Å². The second-order valence-corrected chi connectivity index (χ2v) is 6.60. The second kappa shape index (κ2) is 6.50. The van der Waals surface area contributed by atoms with Crippen molar-refractivity contribution in [2.45, 2.75) is 0 Å². The van der Waals surface area contributed by atoms with E-state index in [1.165, 1.54) is 4.68 Å². The molecule has 128 valence electrons. The van der Waals surface area contributed by atoms with E-state index >= 15 is 0 Å². The lowest BCUT2D eigenvalue weighted by molar-refractivity contribution is 0.193. The Morgan fingerprint density at radius 2 is 1.76 bits per heavy atom. The Morgan fingerprint density at radius 1 is 1.04 bits per heavy atom. The summed E-state index contributed by atoms with van der Waals surface area (Å²) < 4.78 is 1.30. The Kier molecular flexibility index (Phi) is 4.19. The monoisotopic (exact) mass is 376 g/mol. The summed E-state index contributed by atoms with van der Waals surface area (Å²) in [4.78, 5) is 20.7. The standard InChI is InChI=1S/C16H14Cl2N6O/c17-11-8-12(18)10-13(9-11)22-4-6-23(7-5-22)16(25)24-14-2-1-3-19-15(14)20-21-24/h1-3,8-10H,4-7H2. The Labute approximate surface area is 153 Å². The van der Waals surface area contributed by atoms with Gasteiger partial charge in [0.25, 0.3) is 0 Å². The molecule has 1 saturated heterocycles. The summed E-state index contributed by atoms with van der Waals surface area (Å²) in [6, 6.07) is 8.80. The number of carbonyl (C=O) groups is 1. The minimum Gasteiger partial charge on any atom is -0.368 e. The largest absolute Gasteiger partial charge is 0.368 e. The molecule has 2 aromatic heterocycles. The number of hydrogen-bond donors (Lipinski definition) is 0. The SMILES string of the molecule is O=C(N1CCN(c2cc(Cl)cc(Cl)c2)CC1)n1nnc2ncccc21. The van der Waals surface area contributed by atoms with Crippen molar-refractivity contribution < 1.29 is 4.79 Å². The molecule has 1 aliphatic rings. The highest BCUT2D eigenvalue weighted by Gasteiger charge is 2.24. The molecule has 0 aliphatic carbocycles. The lowest BCUT2D eigenvalue weighted by atomic mass is 10.2. The van der Waals surface area contributed by atoms with Crippen LogP contribution in [0.1, 0.15) is 0 Å². The summed E-state index contributed by atoms with van der Waals surface area (Å²) in [6.07, 6.45) is 1.63. The number of fused-ring (bicyclic) bond motifs is 1. The molecule has 1 amide bonds. The Balaban J connectivity index is 1.49. The first-order chi connectivity index (χ1) is 12.1. The highest BCUT2D eigenvalue weighted by atomic mass is 35.5. The Hall–Kier alpha value is -2.38. The normalized spacial score (nSPS) is 15.0. The van der Waals surface area contributed by atoms with Crippen LogP contribution >= 0.6 is 23.2 Å². The van der Waals surface area contributed by atoms with Crippen LogP contribution in [-0.2, 0) is 0 Å². The smallest absolute Gasteiger partial charge is 0.346 e. The summed E-state index contributed by atoms with van der Waals surface area (Å²) in [5.74, 6) is 0. The highest BCUT2D eigenvalue weighted by Crippen LogP contribution is 2.26. The fraction of sp³-hybridized carbons (Fsp3) is 0.250. The van der Waals surface area contributed by atoms with Gasteiger partial charge in [0.15, 0.2) is 0 Å². The number of anilines is 1. The maximum Gasteiger partial charge on any atom is 0.346 e. The van der Waals surface area contributed by atoms with Gasteiger partial charge in [-0.1, -0.05) is 28.4 Å². The van der Waals surface area contributed by atoms with Gasteiger partial charge in [0.1, 0.15) is 5.52 Å². The summed E-state index contributed by atoms with van der Waals surface area (Å²) in [5.41, 5.74) is 2.03. The fourth-order valence-corrected chi connectivity index (χ4v) is 3.43. The van der Waals surface area contributed by atoms with Crippen molar-refractivity contribution in [3.63, 3.8) is 0 Å². The molecule has 1 aliphatic heterocycles. The summed E-state index contributed by atoms with van der Waals surface area (Å²) in [7, 11) is 0. The summed E-state index contributed by atoms with van der Waals surface area (Å²) in [5, 5.41) is 9.07. The van der Waals surface area contributed by atoms with E-state index in [4.69, 9.17) is 23.2 Å². The van der Waals surface area contributed by atoms with E-state index in [2.05, 4.69) is 20.2 Å². The lowest BCUT2D eigenvalue weighted by Gasteiger charge is -2.35. The van der Waals surface area contributed by atoms with Crippen LogP contribution in [-0.4, -0.2) is 57.1 Å². The molecule has 1 fully saturated rings. The maximum absolute atomic E-state index is 12.7. The van der Waals surface area contributed by atoms with E-state index in [0.717, 1.165) is 5.69 Å². The van der Waals surface area contributed by atoms with Crippen LogP contribution in [0.15, 0.2) is 36.5 Å². The van der Waals surface area contributed by atoms with Crippen molar-refractivity contribution in [3.05, 3.63) is 46.6 Å². The number of piperazine rings is 1. The predicted molar refractivity (Wildman–Crippen MR) is 96.4 cm³/mol. The van der Waals surface area contributed by atoms with Gasteiger partial charge in [-0.15, -0.1) is 5.10 Å². The zero-order valence-electron chi connectivity index (χ0n) is 13.1. The average Bonchev–Trinajstić information content (AvgIpc) is 3.04. The van der Waals surface area contributed by atoms with Gasteiger partial charge in [-0.25, -0.2) is 9.78 Å². The van der Waals surface area contributed by atoms with Gasteiger partial charge in [0, 0.05) is 48.1 Å². The molecule has 0 atom stereocenters. The van der Waals surface area contributed by atoms with Crippen molar-refractivity contribution in [1.29, 1.82) is 0 Å². The quantitative estimate of drug-likeness (QED) is 0.653. The lowest BCUT2D eigenvalue weighted by Crippen LogP contribution is -2.50. The van der Waals surface area contributed by atoms with E-state index in [0.29, 0.717) is 47.4 Å². The number of halogens is 2. The minimum atomic E-state index is -0.195. The third kappa shape index (κ3) is 3.12. The van der Waals surface area contributed by atoms with Crippen molar-refractivity contribution in [3.8, 4) is 0 Å². The molecular formula is C16H14Cl2N6O. The molecule has 0 spiro atoms. The van der Waals surface area contributed by atoms with Gasteiger partial charge in [-0.3, -0.25) is 0 Å². The van der Waals surface area contributed by atoms with E-state index in [1.807, 2.05) is 12.1 Å². The van der Waals surface area contributed by atoms with Gasteiger partial charge in [-0.2, -0.15) is 4.68 Å². The molecule has 25 heavy (non-hydrogen) atoms. The molecule has 7 nitrogen and oxygen atoms in total. The highest BCUT2D eigenvalue weighted by molar-refractivity contribution is 6.35. The van der Waals surface area contributed by atoms with Crippen molar-refractivity contribution >= 4 is 46.1 Å². The van der Waals surface area contributed by atoms with Crippen LogP contribution in [0.25, 0.3) is 11.2 Å². The first kappa shape index (κ1) is 16.1. The Bertz CT molecular complexity index is 915. The van der Waals surface area contributed by atoms with E-state index in [1.54, 1.807) is 29.3 Å². The van der Waals surface area contributed by atoms with Gasteiger partial charge in [0.05, 0.1) is 0 Å². The maximum atomic E-state index is 12.7. The van der Waals surface area contributed by atoms with Gasteiger partial charge in [-0.05, 0) is 30.3 Å². The zero-order valence-corrected chi connectivity index (χ0v) is 14.7. The van der Waals surface area contributed by atoms with E-state index in [-0.39, 0.29) is 6.03 Å². The van der Waals surface area contributed by atoms with Crippen LogP contribution in [0.2, 0.25) is 10.0 Å². The molecule has 0 radical (unpaired) electrons. The predicted octanol–water partition coefficient (Wildman–Crippen LogP) is 2.92.